The highest BCUT2D eigenvalue weighted by molar-refractivity contribution is 8.00. The van der Waals surface area contributed by atoms with E-state index in [1.54, 1.807) is 34.9 Å². The highest BCUT2D eigenvalue weighted by Crippen LogP contribution is 2.42. The van der Waals surface area contributed by atoms with Crippen molar-refractivity contribution in [2.24, 2.45) is 0 Å². The van der Waals surface area contributed by atoms with E-state index in [0.29, 0.717) is 17.4 Å². The predicted molar refractivity (Wildman–Crippen MR) is 146 cm³/mol. The first-order valence-corrected chi connectivity index (χ1v) is 14.3. The molecule has 1 amide bonds. The number of carbonyl (C=O) groups is 1. The van der Waals surface area contributed by atoms with Gasteiger partial charge >= 0.3 is 0 Å². The third-order valence-corrected chi connectivity index (χ3v) is 8.77. The number of amides is 1. The van der Waals surface area contributed by atoms with Gasteiger partial charge in [0.25, 0.3) is 10.0 Å². The quantitative estimate of drug-likeness (QED) is 0.403. The number of anilines is 2. The Morgan fingerprint density at radius 3 is 2.23 bits per heavy atom. The van der Waals surface area contributed by atoms with Crippen molar-refractivity contribution in [2.45, 2.75) is 56.2 Å². The van der Waals surface area contributed by atoms with Crippen molar-refractivity contribution >= 4 is 39.1 Å². The smallest absolute Gasteiger partial charge is 0.261 e. The van der Waals surface area contributed by atoms with Crippen molar-refractivity contribution < 1.29 is 13.2 Å². The molecule has 0 aromatic heterocycles. The monoisotopic (exact) mass is 508 g/mol. The van der Waals surface area contributed by atoms with E-state index < -0.39 is 10.0 Å². The van der Waals surface area contributed by atoms with E-state index in [1.165, 1.54) is 5.56 Å². The number of thioether (sulfide) groups is 1. The van der Waals surface area contributed by atoms with Crippen LogP contribution in [0.3, 0.4) is 0 Å². The summed E-state index contributed by atoms with van der Waals surface area (Å²) in [5, 5.41) is -0.220. The molecule has 1 heterocycles. The molecule has 184 valence electrons. The minimum Gasteiger partial charge on any atom is -0.295 e. The number of hydrogen-bond acceptors (Lipinski definition) is 4. The van der Waals surface area contributed by atoms with Gasteiger partial charge < -0.3 is 0 Å². The summed E-state index contributed by atoms with van der Waals surface area (Å²) in [6, 6.07) is 22.4. The molecule has 5 nitrogen and oxygen atoms in total. The highest BCUT2D eigenvalue weighted by atomic mass is 32.2. The number of benzene rings is 3. The molecule has 35 heavy (non-hydrogen) atoms. The molecule has 1 saturated heterocycles. The van der Waals surface area contributed by atoms with E-state index in [0.717, 1.165) is 16.8 Å². The van der Waals surface area contributed by atoms with Gasteiger partial charge in [-0.2, -0.15) is 0 Å². The van der Waals surface area contributed by atoms with Crippen LogP contribution in [-0.2, 0) is 20.2 Å². The summed E-state index contributed by atoms with van der Waals surface area (Å²) < 4.78 is 28.8. The third-order valence-electron chi connectivity index (χ3n) is 6.16. The zero-order valence-corrected chi connectivity index (χ0v) is 22.4. The Kier molecular flexibility index (Phi) is 7.02. The summed E-state index contributed by atoms with van der Waals surface area (Å²) in [5.41, 5.74) is 4.43. The third kappa shape index (κ3) is 5.57. The molecular weight excluding hydrogens is 476 g/mol. The molecule has 1 atom stereocenters. The molecule has 1 N–H and O–H groups in total. The van der Waals surface area contributed by atoms with Crippen molar-refractivity contribution in [1.29, 1.82) is 0 Å². The van der Waals surface area contributed by atoms with Gasteiger partial charge in [0.15, 0.2) is 0 Å². The van der Waals surface area contributed by atoms with Gasteiger partial charge in [-0.1, -0.05) is 71.0 Å². The SMILES string of the molecule is CC(C)c1ccc(N2C(=O)CS[C@H]2c2cccc(NS(=O)(=O)c3ccc(C(C)(C)C)cc3)c2)cc1. The Labute approximate surface area is 213 Å². The Morgan fingerprint density at radius 1 is 0.971 bits per heavy atom. The molecule has 1 aliphatic rings. The van der Waals surface area contributed by atoms with Crippen LogP contribution in [0, 0.1) is 0 Å². The summed E-state index contributed by atoms with van der Waals surface area (Å²) in [6.07, 6.45) is 0. The number of sulfonamides is 1. The fourth-order valence-corrected chi connectivity index (χ4v) is 6.29. The van der Waals surface area contributed by atoms with Crippen molar-refractivity contribution in [3.8, 4) is 0 Å². The lowest BCUT2D eigenvalue weighted by molar-refractivity contribution is -0.115. The maximum atomic E-state index is 13.0. The maximum absolute atomic E-state index is 13.0. The summed E-state index contributed by atoms with van der Waals surface area (Å²) >= 11 is 1.54. The molecular formula is C28H32N2O3S2. The molecule has 0 radical (unpaired) electrons. The van der Waals surface area contributed by atoms with Gasteiger partial charge in [-0.25, -0.2) is 8.42 Å². The van der Waals surface area contributed by atoms with Gasteiger partial charge in [0.1, 0.15) is 5.37 Å². The van der Waals surface area contributed by atoms with Crippen LogP contribution in [0.2, 0.25) is 0 Å². The molecule has 3 aromatic rings. The van der Waals surface area contributed by atoms with Crippen molar-refractivity contribution in [2.75, 3.05) is 15.4 Å². The molecule has 1 fully saturated rings. The average Bonchev–Trinajstić information content (AvgIpc) is 3.20. The van der Waals surface area contributed by atoms with Gasteiger partial charge in [0.05, 0.1) is 10.6 Å². The highest BCUT2D eigenvalue weighted by Gasteiger charge is 2.34. The molecule has 0 unspecified atom stereocenters. The van der Waals surface area contributed by atoms with Gasteiger partial charge in [0, 0.05) is 11.4 Å². The predicted octanol–water partition coefficient (Wildman–Crippen LogP) is 6.69. The largest absolute Gasteiger partial charge is 0.295 e. The van der Waals surface area contributed by atoms with Crippen LogP contribution in [0.15, 0.2) is 77.7 Å². The average molecular weight is 509 g/mol. The minimum atomic E-state index is -3.74. The molecule has 0 aliphatic carbocycles. The van der Waals surface area contributed by atoms with E-state index in [4.69, 9.17) is 0 Å². The van der Waals surface area contributed by atoms with Gasteiger partial charge in [-0.05, 0) is 64.4 Å². The second kappa shape index (κ2) is 9.70. The fourth-order valence-electron chi connectivity index (χ4n) is 4.07. The number of rotatable bonds is 6. The summed E-state index contributed by atoms with van der Waals surface area (Å²) in [4.78, 5) is 14.8. The van der Waals surface area contributed by atoms with Crippen molar-refractivity contribution in [3.63, 3.8) is 0 Å². The number of carbonyl (C=O) groups excluding carboxylic acids is 1. The molecule has 4 rings (SSSR count). The van der Waals surface area contributed by atoms with Crippen LogP contribution < -0.4 is 9.62 Å². The Bertz CT molecular complexity index is 1310. The van der Waals surface area contributed by atoms with Crippen LogP contribution in [0.1, 0.15) is 62.6 Å². The number of nitrogens with one attached hydrogen (secondary N) is 1. The lowest BCUT2D eigenvalue weighted by Gasteiger charge is -2.25. The Hall–Kier alpha value is -2.77. The van der Waals surface area contributed by atoms with Crippen LogP contribution >= 0.6 is 11.8 Å². The molecule has 0 spiro atoms. The normalized spacial score (nSPS) is 16.7. The van der Waals surface area contributed by atoms with E-state index in [1.807, 2.05) is 42.5 Å². The molecule has 7 heteroatoms. The zero-order chi connectivity index (χ0) is 25.4. The van der Waals surface area contributed by atoms with E-state index in [2.05, 4.69) is 51.5 Å². The van der Waals surface area contributed by atoms with Crippen LogP contribution in [-0.4, -0.2) is 20.1 Å². The number of nitrogens with zero attached hydrogens (tertiary/aromatic N) is 1. The first kappa shape index (κ1) is 25.3. The summed E-state index contributed by atoms with van der Waals surface area (Å²) in [7, 11) is -3.74. The van der Waals surface area contributed by atoms with Crippen LogP contribution in [0.5, 0.6) is 0 Å². The lowest BCUT2D eigenvalue weighted by atomic mass is 9.87. The van der Waals surface area contributed by atoms with Crippen molar-refractivity contribution in [3.05, 3.63) is 89.5 Å². The summed E-state index contributed by atoms with van der Waals surface area (Å²) in [6.45, 7) is 10.6. The van der Waals surface area contributed by atoms with Gasteiger partial charge in [0.2, 0.25) is 5.91 Å². The summed E-state index contributed by atoms with van der Waals surface area (Å²) in [5.74, 6) is 0.840. The first-order valence-electron chi connectivity index (χ1n) is 11.7. The molecule has 0 bridgehead atoms. The second-order valence-corrected chi connectivity index (χ2v) is 12.9. The topological polar surface area (TPSA) is 66.5 Å². The van der Waals surface area contributed by atoms with E-state index in [9.17, 15) is 13.2 Å². The first-order chi connectivity index (χ1) is 16.5. The molecule has 0 saturated carbocycles. The molecule has 3 aromatic carbocycles. The minimum absolute atomic E-state index is 0.0437. The van der Waals surface area contributed by atoms with E-state index >= 15 is 0 Å². The fraction of sp³-hybridized carbons (Fsp3) is 0.321. The Balaban J connectivity index is 1.57. The second-order valence-electron chi connectivity index (χ2n) is 10.2. The van der Waals surface area contributed by atoms with Crippen LogP contribution in [0.25, 0.3) is 0 Å². The van der Waals surface area contributed by atoms with Crippen molar-refractivity contribution in [1.82, 2.24) is 0 Å². The number of hydrogen-bond donors (Lipinski definition) is 1. The lowest BCUT2D eigenvalue weighted by Crippen LogP contribution is -2.27. The standard InChI is InChI=1S/C28H32N2O3S2/c1-19(2)20-9-13-24(14-10-20)30-26(31)18-34-27(30)21-7-6-8-23(17-21)29-35(32,33)25-15-11-22(12-16-25)28(3,4)5/h6-17,19,27,29H,18H2,1-5H3/t27-/m0/s1. The Morgan fingerprint density at radius 2 is 1.63 bits per heavy atom. The zero-order valence-electron chi connectivity index (χ0n) is 20.8. The van der Waals surface area contributed by atoms with Crippen LogP contribution in [0.4, 0.5) is 11.4 Å². The van der Waals surface area contributed by atoms with Gasteiger partial charge in [-0.15, -0.1) is 11.8 Å². The van der Waals surface area contributed by atoms with E-state index in [-0.39, 0.29) is 21.6 Å². The maximum Gasteiger partial charge on any atom is 0.261 e. The molecule has 1 aliphatic heterocycles. The van der Waals surface area contributed by atoms with Gasteiger partial charge in [-0.3, -0.25) is 14.4 Å².